The minimum atomic E-state index is -0.113. The first-order valence-corrected chi connectivity index (χ1v) is 12.5. The molecule has 0 bridgehead atoms. The summed E-state index contributed by atoms with van der Waals surface area (Å²) in [4.78, 5) is 31.0. The molecule has 33 heavy (non-hydrogen) atoms. The summed E-state index contributed by atoms with van der Waals surface area (Å²) in [5.74, 6) is 0.598. The number of ether oxygens (including phenoxy) is 1. The van der Waals surface area contributed by atoms with E-state index in [9.17, 15) is 9.59 Å². The third-order valence-corrected chi connectivity index (χ3v) is 7.77. The van der Waals surface area contributed by atoms with Crippen molar-refractivity contribution >= 4 is 45.0 Å². The molecular weight excluding hydrogens is 458 g/mol. The lowest BCUT2D eigenvalue weighted by atomic mass is 9.93. The third kappa shape index (κ3) is 4.50. The van der Waals surface area contributed by atoms with Gasteiger partial charge in [-0.25, -0.2) is 0 Å². The van der Waals surface area contributed by atoms with Gasteiger partial charge in [-0.15, -0.1) is 11.3 Å². The summed E-state index contributed by atoms with van der Waals surface area (Å²) >= 11 is 8.02. The Kier molecular flexibility index (Phi) is 6.12. The summed E-state index contributed by atoms with van der Waals surface area (Å²) < 4.78 is 7.52. The number of fused-ring (bicyclic) bond motifs is 1. The highest BCUT2D eigenvalue weighted by atomic mass is 35.5. The molecule has 2 aliphatic rings. The highest BCUT2D eigenvalue weighted by Gasteiger charge is 2.29. The Morgan fingerprint density at radius 3 is 2.73 bits per heavy atom. The van der Waals surface area contributed by atoms with Gasteiger partial charge in [-0.05, 0) is 62.4 Å². The Morgan fingerprint density at radius 2 is 1.97 bits per heavy atom. The standard InChI is InChI=1S/C25H26ClN3O3S/c1-14-9-15(26)10-20(24(14)32-17-4-2-3-16(27)11-17)19-7-8-28-21-12-18(33-25(19)21)13-29-22(30)5-6-23(29)31/h7-10,12,16-17H,2-6,11,13,27H2,1H3. The number of nitrogens with two attached hydrogens (primary N) is 1. The summed E-state index contributed by atoms with van der Waals surface area (Å²) in [6, 6.07) is 7.96. The highest BCUT2D eigenvalue weighted by molar-refractivity contribution is 7.19. The molecule has 172 valence electrons. The number of thiophene rings is 1. The lowest BCUT2D eigenvalue weighted by Gasteiger charge is -2.29. The molecule has 3 heterocycles. The number of hydrogen-bond donors (Lipinski definition) is 1. The molecule has 1 saturated carbocycles. The van der Waals surface area contributed by atoms with Gasteiger partial charge >= 0.3 is 0 Å². The van der Waals surface area contributed by atoms with Crippen molar-refractivity contribution in [1.29, 1.82) is 0 Å². The van der Waals surface area contributed by atoms with Crippen LogP contribution in [0.25, 0.3) is 21.3 Å². The van der Waals surface area contributed by atoms with Crippen molar-refractivity contribution < 1.29 is 14.3 Å². The second kappa shape index (κ2) is 9.05. The molecular formula is C25H26ClN3O3S. The number of benzene rings is 1. The number of aromatic nitrogens is 1. The van der Waals surface area contributed by atoms with Gasteiger partial charge in [0.2, 0.25) is 11.8 Å². The van der Waals surface area contributed by atoms with Crippen LogP contribution in [-0.4, -0.2) is 33.8 Å². The van der Waals surface area contributed by atoms with Gasteiger partial charge in [-0.1, -0.05) is 11.6 Å². The number of pyridine rings is 1. The highest BCUT2D eigenvalue weighted by Crippen LogP contribution is 2.42. The van der Waals surface area contributed by atoms with Crippen LogP contribution in [0.5, 0.6) is 5.75 Å². The number of imide groups is 1. The minimum Gasteiger partial charge on any atom is -0.489 e. The van der Waals surface area contributed by atoms with Crippen LogP contribution in [0.1, 0.15) is 49.0 Å². The van der Waals surface area contributed by atoms with E-state index in [0.717, 1.165) is 63.2 Å². The van der Waals surface area contributed by atoms with Crippen molar-refractivity contribution in [3.05, 3.63) is 45.9 Å². The summed E-state index contributed by atoms with van der Waals surface area (Å²) in [6.45, 7) is 2.30. The molecule has 2 fully saturated rings. The van der Waals surface area contributed by atoms with E-state index in [1.165, 1.54) is 4.90 Å². The Hall–Kier alpha value is -2.48. The van der Waals surface area contributed by atoms with Crippen LogP contribution in [0, 0.1) is 6.92 Å². The van der Waals surface area contributed by atoms with Crippen LogP contribution in [0.2, 0.25) is 5.02 Å². The van der Waals surface area contributed by atoms with E-state index in [-0.39, 0.29) is 30.5 Å². The van der Waals surface area contributed by atoms with E-state index < -0.39 is 0 Å². The second-order valence-corrected chi connectivity index (χ2v) is 10.5. The zero-order chi connectivity index (χ0) is 23.1. The largest absolute Gasteiger partial charge is 0.489 e. The molecule has 2 atom stereocenters. The van der Waals surface area contributed by atoms with Gasteiger partial charge in [0.25, 0.3) is 0 Å². The first-order valence-electron chi connectivity index (χ1n) is 11.3. The van der Waals surface area contributed by atoms with E-state index in [4.69, 9.17) is 22.1 Å². The number of halogens is 1. The average Bonchev–Trinajstić information content (AvgIpc) is 3.33. The summed E-state index contributed by atoms with van der Waals surface area (Å²) in [7, 11) is 0. The van der Waals surface area contributed by atoms with Crippen LogP contribution >= 0.6 is 22.9 Å². The maximum atomic E-state index is 12.1. The van der Waals surface area contributed by atoms with E-state index in [0.29, 0.717) is 17.9 Å². The van der Waals surface area contributed by atoms with E-state index in [1.54, 1.807) is 17.5 Å². The first-order chi connectivity index (χ1) is 15.9. The van der Waals surface area contributed by atoms with Crippen LogP contribution in [0.4, 0.5) is 0 Å². The number of aryl methyl sites for hydroxylation is 1. The van der Waals surface area contributed by atoms with Crippen molar-refractivity contribution in [3.63, 3.8) is 0 Å². The van der Waals surface area contributed by atoms with E-state index >= 15 is 0 Å². The molecule has 1 aromatic carbocycles. The van der Waals surface area contributed by atoms with Crippen LogP contribution in [0.3, 0.4) is 0 Å². The molecule has 3 aromatic rings. The normalized spacial score (nSPS) is 21.2. The molecule has 2 N–H and O–H groups in total. The fourth-order valence-corrected chi connectivity index (χ4v) is 6.18. The van der Waals surface area contributed by atoms with Gasteiger partial charge in [0.05, 0.1) is 16.8 Å². The molecule has 8 heteroatoms. The van der Waals surface area contributed by atoms with Crippen LogP contribution in [0.15, 0.2) is 30.5 Å². The Bertz CT molecular complexity index is 1230. The monoisotopic (exact) mass is 483 g/mol. The van der Waals surface area contributed by atoms with E-state index in [2.05, 4.69) is 4.98 Å². The lowest BCUT2D eigenvalue weighted by Crippen LogP contribution is -2.33. The molecule has 2 unspecified atom stereocenters. The predicted molar refractivity (Wildman–Crippen MR) is 130 cm³/mol. The Labute approximate surface area is 201 Å². The number of hydrogen-bond acceptors (Lipinski definition) is 6. The van der Waals surface area contributed by atoms with Crippen LogP contribution in [-0.2, 0) is 16.1 Å². The number of amides is 2. The topological polar surface area (TPSA) is 85.5 Å². The van der Waals surface area contributed by atoms with Crippen molar-refractivity contribution in [1.82, 2.24) is 9.88 Å². The molecule has 1 aliphatic carbocycles. The SMILES string of the molecule is Cc1cc(Cl)cc(-c2ccnc3cc(CN4C(=O)CCC4=O)sc23)c1OC1CCCC(N)C1. The molecule has 2 amide bonds. The first kappa shape index (κ1) is 22.3. The summed E-state index contributed by atoms with van der Waals surface area (Å²) in [5, 5.41) is 0.644. The molecule has 0 radical (unpaired) electrons. The average molecular weight is 484 g/mol. The van der Waals surface area contributed by atoms with Gasteiger partial charge < -0.3 is 10.5 Å². The quantitative estimate of drug-likeness (QED) is 0.502. The van der Waals surface area contributed by atoms with Crippen LogP contribution < -0.4 is 10.5 Å². The fourth-order valence-electron chi connectivity index (χ4n) is 4.77. The zero-order valence-corrected chi connectivity index (χ0v) is 20.0. The van der Waals surface area contributed by atoms with Crippen molar-refractivity contribution in [2.75, 3.05) is 0 Å². The van der Waals surface area contributed by atoms with Crippen molar-refractivity contribution in [3.8, 4) is 16.9 Å². The molecule has 1 aliphatic heterocycles. The van der Waals surface area contributed by atoms with Gasteiger partial charge in [-0.3, -0.25) is 19.5 Å². The number of carbonyl (C=O) groups is 2. The third-order valence-electron chi connectivity index (χ3n) is 6.41. The number of carbonyl (C=O) groups excluding carboxylic acids is 2. The summed E-state index contributed by atoms with van der Waals surface area (Å²) in [5.41, 5.74) is 9.91. The maximum Gasteiger partial charge on any atom is 0.230 e. The predicted octanol–water partition coefficient (Wildman–Crippen LogP) is 5.22. The molecule has 5 rings (SSSR count). The zero-order valence-electron chi connectivity index (χ0n) is 18.5. The van der Waals surface area contributed by atoms with Gasteiger partial charge in [-0.2, -0.15) is 0 Å². The van der Waals surface area contributed by atoms with Crippen molar-refractivity contribution in [2.45, 2.75) is 64.1 Å². The van der Waals surface area contributed by atoms with Gasteiger partial charge in [0.15, 0.2) is 0 Å². The Balaban J connectivity index is 1.54. The number of nitrogens with zero attached hydrogens (tertiary/aromatic N) is 2. The number of rotatable bonds is 5. The van der Waals surface area contributed by atoms with Crippen molar-refractivity contribution in [2.24, 2.45) is 5.73 Å². The fraction of sp³-hybridized carbons (Fsp3) is 0.400. The molecule has 1 saturated heterocycles. The smallest absolute Gasteiger partial charge is 0.230 e. The molecule has 6 nitrogen and oxygen atoms in total. The van der Waals surface area contributed by atoms with E-state index in [1.807, 2.05) is 31.2 Å². The molecule has 2 aromatic heterocycles. The van der Waals surface area contributed by atoms with Gasteiger partial charge in [0.1, 0.15) is 11.9 Å². The number of likely N-dealkylation sites (tertiary alicyclic amines) is 1. The Morgan fingerprint density at radius 1 is 1.18 bits per heavy atom. The minimum absolute atomic E-state index is 0.0794. The lowest BCUT2D eigenvalue weighted by molar-refractivity contribution is -0.138. The molecule has 0 spiro atoms. The second-order valence-electron chi connectivity index (χ2n) is 8.93. The summed E-state index contributed by atoms with van der Waals surface area (Å²) in [6.07, 6.45) is 6.37. The van der Waals surface area contributed by atoms with Gasteiger partial charge in [0, 0.05) is 46.1 Å². The maximum absolute atomic E-state index is 12.1.